The zero-order valence-electron chi connectivity index (χ0n) is 13.7. The van der Waals surface area contributed by atoms with Crippen molar-refractivity contribution in [3.8, 4) is 0 Å². The Bertz CT molecular complexity index is 600. The summed E-state index contributed by atoms with van der Waals surface area (Å²) in [6, 6.07) is -0.249. The summed E-state index contributed by atoms with van der Waals surface area (Å²) in [4.78, 5) is 32.3. The molecule has 7 heteroatoms. The molecular formula is C16H24N4O3. The molecule has 2 aliphatic rings. The van der Waals surface area contributed by atoms with E-state index in [0.29, 0.717) is 55.9 Å². The Morgan fingerprint density at radius 2 is 1.96 bits per heavy atom. The molecule has 1 unspecified atom stereocenters. The van der Waals surface area contributed by atoms with E-state index in [2.05, 4.69) is 9.88 Å². The van der Waals surface area contributed by atoms with E-state index in [4.69, 9.17) is 10.2 Å². The number of amides is 2. The van der Waals surface area contributed by atoms with Gasteiger partial charge in [-0.3, -0.25) is 14.5 Å². The molecule has 2 N–H and O–H groups in total. The average molecular weight is 320 g/mol. The molecule has 1 saturated heterocycles. The molecule has 0 spiro atoms. The lowest BCUT2D eigenvalue weighted by molar-refractivity contribution is -0.123. The number of carbonyl (C=O) groups is 2. The zero-order valence-corrected chi connectivity index (χ0v) is 13.7. The standard InChI is InChI=1S/C16H24N4O3/c1-3-12(14(17)21)19-6-8-20(9-7-19)16(22)13-10(2)18-15(23-13)11-4-5-11/h11-12H,3-9H2,1-2H3,(H2,17,21). The third-order valence-corrected chi connectivity index (χ3v) is 4.69. The highest BCUT2D eigenvalue weighted by Crippen LogP contribution is 2.40. The Kier molecular flexibility index (Phi) is 4.39. The van der Waals surface area contributed by atoms with E-state index in [-0.39, 0.29) is 17.9 Å². The van der Waals surface area contributed by atoms with Crippen LogP contribution in [0.25, 0.3) is 0 Å². The molecule has 3 rings (SSSR count). The molecule has 23 heavy (non-hydrogen) atoms. The van der Waals surface area contributed by atoms with Crippen LogP contribution in [0.3, 0.4) is 0 Å². The van der Waals surface area contributed by atoms with Gasteiger partial charge in [-0.2, -0.15) is 0 Å². The van der Waals surface area contributed by atoms with Crippen LogP contribution in [0.2, 0.25) is 0 Å². The SMILES string of the molecule is CCC(C(N)=O)N1CCN(C(=O)c2oc(C3CC3)nc2C)CC1. The molecule has 7 nitrogen and oxygen atoms in total. The Morgan fingerprint density at radius 1 is 1.30 bits per heavy atom. The monoisotopic (exact) mass is 320 g/mol. The van der Waals surface area contributed by atoms with Crippen LogP contribution in [-0.2, 0) is 4.79 Å². The van der Waals surface area contributed by atoms with Crippen molar-refractivity contribution in [2.45, 2.75) is 45.1 Å². The number of piperazine rings is 1. The van der Waals surface area contributed by atoms with Crippen LogP contribution in [0.15, 0.2) is 4.42 Å². The number of nitrogens with zero attached hydrogens (tertiary/aromatic N) is 3. The van der Waals surface area contributed by atoms with Crippen molar-refractivity contribution in [2.24, 2.45) is 5.73 Å². The van der Waals surface area contributed by atoms with Crippen molar-refractivity contribution >= 4 is 11.8 Å². The zero-order chi connectivity index (χ0) is 16.6. The number of carbonyl (C=O) groups excluding carboxylic acids is 2. The Morgan fingerprint density at radius 3 is 2.48 bits per heavy atom. The predicted octanol–water partition coefficient (Wildman–Crippen LogP) is 0.882. The van der Waals surface area contributed by atoms with Crippen molar-refractivity contribution in [1.29, 1.82) is 0 Å². The number of rotatable bonds is 5. The van der Waals surface area contributed by atoms with Crippen molar-refractivity contribution in [3.63, 3.8) is 0 Å². The molecule has 2 fully saturated rings. The van der Waals surface area contributed by atoms with Crippen LogP contribution in [-0.4, -0.2) is 58.8 Å². The van der Waals surface area contributed by atoms with Crippen molar-refractivity contribution in [3.05, 3.63) is 17.3 Å². The van der Waals surface area contributed by atoms with E-state index in [1.165, 1.54) is 0 Å². The Balaban J connectivity index is 1.63. The van der Waals surface area contributed by atoms with Crippen molar-refractivity contribution in [1.82, 2.24) is 14.8 Å². The van der Waals surface area contributed by atoms with Gasteiger partial charge < -0.3 is 15.1 Å². The molecule has 1 aromatic heterocycles. The van der Waals surface area contributed by atoms with Gasteiger partial charge in [0.2, 0.25) is 11.7 Å². The minimum atomic E-state index is -0.299. The van der Waals surface area contributed by atoms with Gasteiger partial charge in [-0.1, -0.05) is 6.92 Å². The largest absolute Gasteiger partial charge is 0.435 e. The number of hydrogen-bond acceptors (Lipinski definition) is 5. The first-order valence-corrected chi connectivity index (χ1v) is 8.31. The summed E-state index contributed by atoms with van der Waals surface area (Å²) in [6.45, 7) is 6.21. The number of oxazole rings is 1. The molecule has 2 heterocycles. The number of primary amides is 1. The van der Waals surface area contributed by atoms with Gasteiger partial charge in [0.05, 0.1) is 11.7 Å². The number of aromatic nitrogens is 1. The first kappa shape index (κ1) is 16.0. The van der Waals surface area contributed by atoms with Crippen LogP contribution in [0.1, 0.15) is 54.2 Å². The molecule has 1 aromatic rings. The molecule has 1 saturated carbocycles. The molecule has 126 valence electrons. The summed E-state index contributed by atoms with van der Waals surface area (Å²) < 4.78 is 5.70. The Labute approximate surface area is 135 Å². The molecule has 1 atom stereocenters. The van der Waals surface area contributed by atoms with E-state index in [1.807, 2.05) is 13.8 Å². The second-order valence-corrected chi connectivity index (χ2v) is 6.40. The highest BCUT2D eigenvalue weighted by atomic mass is 16.4. The summed E-state index contributed by atoms with van der Waals surface area (Å²) >= 11 is 0. The highest BCUT2D eigenvalue weighted by molar-refractivity contribution is 5.92. The molecule has 2 amide bonds. The van der Waals surface area contributed by atoms with Gasteiger partial charge in [0.25, 0.3) is 5.91 Å². The smallest absolute Gasteiger partial charge is 0.291 e. The lowest BCUT2D eigenvalue weighted by Gasteiger charge is -2.37. The maximum atomic E-state index is 12.6. The summed E-state index contributed by atoms with van der Waals surface area (Å²) in [7, 11) is 0. The Hall–Kier alpha value is -1.89. The summed E-state index contributed by atoms with van der Waals surface area (Å²) in [5.74, 6) is 1.06. The van der Waals surface area contributed by atoms with Crippen LogP contribution in [0.4, 0.5) is 0 Å². The average Bonchev–Trinajstić information content (AvgIpc) is 3.30. The lowest BCUT2D eigenvalue weighted by atomic mass is 10.1. The highest BCUT2D eigenvalue weighted by Gasteiger charge is 2.33. The van der Waals surface area contributed by atoms with E-state index in [0.717, 1.165) is 12.8 Å². The number of aryl methyl sites for hydroxylation is 1. The lowest BCUT2D eigenvalue weighted by Crippen LogP contribution is -2.55. The topological polar surface area (TPSA) is 92.7 Å². The number of hydrogen-bond donors (Lipinski definition) is 1. The van der Waals surface area contributed by atoms with E-state index < -0.39 is 0 Å². The van der Waals surface area contributed by atoms with Crippen LogP contribution in [0.5, 0.6) is 0 Å². The fourth-order valence-corrected chi connectivity index (χ4v) is 3.14. The third kappa shape index (κ3) is 3.24. The first-order valence-electron chi connectivity index (χ1n) is 8.31. The quantitative estimate of drug-likeness (QED) is 0.869. The molecule has 0 aromatic carbocycles. The maximum Gasteiger partial charge on any atom is 0.291 e. The van der Waals surface area contributed by atoms with Gasteiger partial charge in [-0.25, -0.2) is 4.98 Å². The van der Waals surface area contributed by atoms with Gasteiger partial charge >= 0.3 is 0 Å². The van der Waals surface area contributed by atoms with Gasteiger partial charge in [0.15, 0.2) is 5.89 Å². The molecule has 0 bridgehead atoms. The fraction of sp³-hybridized carbons (Fsp3) is 0.688. The molecular weight excluding hydrogens is 296 g/mol. The minimum Gasteiger partial charge on any atom is -0.435 e. The molecule has 1 aliphatic heterocycles. The van der Waals surface area contributed by atoms with Crippen molar-refractivity contribution < 1.29 is 14.0 Å². The summed E-state index contributed by atoms with van der Waals surface area (Å²) in [6.07, 6.45) is 2.88. The maximum absolute atomic E-state index is 12.6. The second-order valence-electron chi connectivity index (χ2n) is 6.40. The van der Waals surface area contributed by atoms with Gasteiger partial charge in [0, 0.05) is 32.1 Å². The van der Waals surface area contributed by atoms with Crippen LogP contribution in [0, 0.1) is 6.92 Å². The van der Waals surface area contributed by atoms with Gasteiger partial charge in [-0.15, -0.1) is 0 Å². The number of nitrogens with two attached hydrogens (primary N) is 1. The van der Waals surface area contributed by atoms with Crippen molar-refractivity contribution in [2.75, 3.05) is 26.2 Å². The van der Waals surface area contributed by atoms with Crippen LogP contribution < -0.4 is 5.73 Å². The fourth-order valence-electron chi connectivity index (χ4n) is 3.14. The van der Waals surface area contributed by atoms with E-state index >= 15 is 0 Å². The van der Waals surface area contributed by atoms with Gasteiger partial charge in [-0.05, 0) is 26.2 Å². The third-order valence-electron chi connectivity index (χ3n) is 4.69. The minimum absolute atomic E-state index is 0.103. The predicted molar refractivity (Wildman–Crippen MR) is 84.0 cm³/mol. The van der Waals surface area contributed by atoms with Crippen LogP contribution >= 0.6 is 0 Å². The summed E-state index contributed by atoms with van der Waals surface area (Å²) in [5.41, 5.74) is 6.11. The second kappa shape index (κ2) is 6.31. The van der Waals surface area contributed by atoms with E-state index in [1.54, 1.807) is 4.90 Å². The first-order chi connectivity index (χ1) is 11.0. The molecule has 1 aliphatic carbocycles. The van der Waals surface area contributed by atoms with E-state index in [9.17, 15) is 9.59 Å². The normalized spacial score (nSPS) is 20.5. The molecule has 0 radical (unpaired) electrons. The van der Waals surface area contributed by atoms with Gasteiger partial charge in [0.1, 0.15) is 0 Å². The summed E-state index contributed by atoms with van der Waals surface area (Å²) in [5, 5.41) is 0.